The van der Waals surface area contributed by atoms with Gasteiger partial charge in [0.1, 0.15) is 60.4 Å². The van der Waals surface area contributed by atoms with E-state index in [4.69, 9.17) is 91.7 Å². The number of nitrogens with one attached hydrogen (secondary N) is 12. The number of carbonyl (C=O) groups excluding carboxylic acids is 13. The number of hydrogen-bond donors (Lipinski definition) is 31. The van der Waals surface area contributed by atoms with Gasteiger partial charge in [0.05, 0.1) is 19.1 Å². The Morgan fingerprint density at radius 1 is 0.281 bits per heavy atom. The number of nitrogens with two attached hydrogens (primary N) is 16. The first-order valence-electron chi connectivity index (χ1n) is 36.7. The molecule has 0 unspecified atom stereocenters. The van der Waals surface area contributed by atoms with Crippen LogP contribution in [-0.4, -0.2) is 267 Å². The molecule has 11 atom stereocenters. The molecule has 0 aromatic heterocycles. The first-order chi connectivity index (χ1) is 53.9. The topological polar surface area (TPSA) is 894 Å². The molecule has 0 saturated carbocycles. The number of carboxylic acids is 1. The molecule has 0 bridgehead atoms. The monoisotopic (exact) mass is 1660 g/mol. The Morgan fingerprint density at radius 3 is 0.719 bits per heavy atom. The van der Waals surface area contributed by atoms with Gasteiger partial charge >= 0.3 is 5.97 Å². The summed E-state index contributed by atoms with van der Waals surface area (Å²) < 4.78 is 0. The van der Waals surface area contributed by atoms with E-state index in [1.807, 2.05) is 0 Å². The number of amides is 13. The van der Waals surface area contributed by atoms with Gasteiger partial charge in [-0.1, -0.05) is 0 Å². The molecule has 0 aromatic rings. The lowest BCUT2D eigenvalue weighted by molar-refractivity contribution is -0.141. The first-order valence-corrected chi connectivity index (χ1v) is 37.9. The largest absolute Gasteiger partial charge is 0.480 e. The highest BCUT2D eigenvalue weighted by molar-refractivity contribution is 7.80. The van der Waals surface area contributed by atoms with Crippen molar-refractivity contribution >= 4 is 144 Å². The van der Waals surface area contributed by atoms with Gasteiger partial charge < -0.3 is 161 Å². The number of primary amides is 1. The van der Waals surface area contributed by atoms with Gasteiger partial charge in [-0.25, -0.2) is 4.79 Å². The van der Waals surface area contributed by atoms with Crippen molar-refractivity contribution in [2.45, 2.75) is 195 Å². The van der Waals surface area contributed by atoms with Gasteiger partial charge in [0.2, 0.25) is 76.8 Å². The Kier molecular flexibility index (Phi) is 53.7. The van der Waals surface area contributed by atoms with Gasteiger partial charge in [-0.2, -0.15) is 25.3 Å². The van der Waals surface area contributed by atoms with Crippen LogP contribution in [0.5, 0.6) is 0 Å². The molecule has 114 heavy (non-hydrogen) atoms. The fraction of sp³-hybridized carbons (Fsp3) is 0.683. The molecule has 0 aliphatic carbocycles. The molecule has 45 N–H and O–H groups in total. The Morgan fingerprint density at radius 2 is 0.500 bits per heavy atom. The normalized spacial score (nSPS) is 13.6. The zero-order valence-corrected chi connectivity index (χ0v) is 65.7. The lowest BCUT2D eigenvalue weighted by Gasteiger charge is -2.28. The molecule has 0 spiro atoms. The standard InChI is InChI=1S/C63H122N34O15S2/c64-21-3-1-11-36(91-49(103)35(14-6-24-81-59(70)71)88-45(99)29-86-47(101)33(66)31-113)50(104)92-37(12-2-4-22-65)51(105)93-39(16-8-26-83-61(74)75)53(107)95-41(18-10-28-85-63(78)79)55(109)97-42(19-20-44(67)98)56(110)96-40(17-9-27-84-62(76)77)54(108)94-38(15-7-25-82-60(72)73)52(106)90-34(13-5-23-80-58(68)69)48(102)87-30-46(100)89-43(32-114)57(111)112/h33-43,113-114H,1-32,64-66H2,(H2,67,98)(H,86,101)(H,87,102)(H,88,99)(H,89,100)(H,90,106)(H,91,103)(H,92,104)(H,93,105)(H,94,108)(H,95,107)(H,96,110)(H,97,109)(H,111,112)(H4,68,69,80)(H4,70,71,81)(H4,72,73,82)(H4,74,75,83)(H4,76,77,84)(H4,78,79,85)/t33-,34-,35-,36-,37-,38-,39-,40-,41-,42-,43-/m0/s1. The maximum absolute atomic E-state index is 14.9. The Balaban J connectivity index is 7.83. The minimum Gasteiger partial charge on any atom is -0.480 e. The highest BCUT2D eigenvalue weighted by atomic mass is 32.1. The summed E-state index contributed by atoms with van der Waals surface area (Å²) in [5, 5.41) is 39.5. The van der Waals surface area contributed by atoms with E-state index >= 15 is 0 Å². The molecule has 0 aromatic carbocycles. The van der Waals surface area contributed by atoms with Crippen LogP contribution in [0.3, 0.4) is 0 Å². The molecule has 0 heterocycles. The molecule has 49 nitrogen and oxygen atoms in total. The number of nitrogens with zero attached hydrogens (tertiary/aromatic N) is 6. The number of unbranched alkanes of at least 4 members (excludes halogenated alkanes) is 2. The SMILES string of the molecule is NCCCC[C@H](NC(=O)[C@H](CCCN=C(N)N)NC(=O)CNC(=O)[C@@H](N)CS)C(=O)N[C@@H](CCCCN)C(=O)N[C@@H](CCCN=C(N)N)C(=O)N[C@@H](CCCN=C(N)N)C(=O)N[C@@H](CCC(N)=O)C(=O)N[C@@H](CCCN=C(N)N)C(=O)N[C@@H](CCCN=C(N)N)C(=O)N[C@@H](CCCN=C(N)N)C(=O)NCC(=O)N[C@@H](CS)C(=O)O. The average molecular weight is 1660 g/mol. The van der Waals surface area contributed by atoms with Crippen molar-refractivity contribution in [2.75, 3.05) is 77.0 Å². The summed E-state index contributed by atoms with van der Waals surface area (Å²) in [7, 11) is 0. The van der Waals surface area contributed by atoms with Crippen LogP contribution >= 0.6 is 25.3 Å². The summed E-state index contributed by atoms with van der Waals surface area (Å²) >= 11 is 7.91. The zero-order valence-electron chi connectivity index (χ0n) is 64.0. The van der Waals surface area contributed by atoms with Crippen molar-refractivity contribution in [3.63, 3.8) is 0 Å². The number of aliphatic imine (C=N–C) groups is 6. The molecule has 51 heteroatoms. The lowest BCUT2D eigenvalue weighted by Crippen LogP contribution is -2.60. The smallest absolute Gasteiger partial charge is 0.327 e. The second-order valence-corrected chi connectivity index (χ2v) is 26.5. The molecule has 0 fully saturated rings. The van der Waals surface area contributed by atoms with Crippen LogP contribution in [0.15, 0.2) is 30.0 Å². The van der Waals surface area contributed by atoms with E-state index in [0.717, 1.165) is 0 Å². The first kappa shape index (κ1) is 103. The quantitative estimate of drug-likeness (QED) is 0.0116. The van der Waals surface area contributed by atoms with E-state index in [2.05, 4.69) is 119 Å². The van der Waals surface area contributed by atoms with Crippen LogP contribution in [0.4, 0.5) is 0 Å². The number of hydrogen-bond acceptors (Lipinski definition) is 25. The third-order valence-corrected chi connectivity index (χ3v) is 16.9. The van der Waals surface area contributed by atoms with Gasteiger partial charge in [-0.15, -0.1) is 0 Å². The lowest BCUT2D eigenvalue weighted by atomic mass is 10.0. The second-order valence-electron chi connectivity index (χ2n) is 25.7. The molecule has 0 aliphatic heterocycles. The van der Waals surface area contributed by atoms with E-state index in [-0.39, 0.29) is 202 Å². The van der Waals surface area contributed by atoms with E-state index in [1.54, 1.807) is 0 Å². The third kappa shape index (κ3) is 48.5. The van der Waals surface area contributed by atoms with Crippen LogP contribution in [-0.2, 0) is 67.1 Å². The van der Waals surface area contributed by atoms with E-state index < -0.39 is 175 Å². The Labute approximate surface area is 670 Å². The van der Waals surface area contributed by atoms with Crippen LogP contribution in [0.1, 0.15) is 128 Å². The van der Waals surface area contributed by atoms with Crippen molar-refractivity contribution in [1.29, 1.82) is 0 Å². The molecule has 0 saturated heterocycles. The molecule has 0 aliphatic rings. The Hall–Kier alpha value is -11.2. The minimum atomic E-state index is -1.78. The third-order valence-electron chi connectivity index (χ3n) is 16.2. The highest BCUT2D eigenvalue weighted by Crippen LogP contribution is 2.13. The van der Waals surface area contributed by atoms with E-state index in [9.17, 15) is 72.2 Å². The van der Waals surface area contributed by atoms with Crippen LogP contribution < -0.4 is 156 Å². The summed E-state index contributed by atoms with van der Waals surface area (Å²) in [6.07, 6.45) is -1.33. The van der Waals surface area contributed by atoms with Gasteiger partial charge in [0.25, 0.3) is 0 Å². The summed E-state index contributed by atoms with van der Waals surface area (Å²) in [5.74, 6) is -16.0. The summed E-state index contributed by atoms with van der Waals surface area (Å²) in [5.41, 5.74) is 89.6. The van der Waals surface area contributed by atoms with Crippen molar-refractivity contribution in [3.05, 3.63) is 0 Å². The molecule has 646 valence electrons. The van der Waals surface area contributed by atoms with E-state index in [0.29, 0.717) is 12.8 Å². The van der Waals surface area contributed by atoms with E-state index in [1.165, 1.54) is 0 Å². The number of guanidine groups is 6. The fourth-order valence-corrected chi connectivity index (χ4v) is 10.7. The minimum absolute atomic E-state index is 0.00290. The van der Waals surface area contributed by atoms with Crippen LogP contribution in [0, 0.1) is 0 Å². The number of thiol groups is 2. The molecular weight excluding hydrogens is 1540 g/mol. The van der Waals surface area contributed by atoms with Gasteiger partial charge in [-0.05, 0) is 135 Å². The number of aliphatic carboxylic acids is 1. The van der Waals surface area contributed by atoms with Crippen LogP contribution in [0.2, 0.25) is 0 Å². The average Bonchev–Trinajstić information content (AvgIpc) is 0.862. The predicted molar refractivity (Wildman–Crippen MR) is 432 cm³/mol. The van der Waals surface area contributed by atoms with Gasteiger partial charge in [0, 0.05) is 57.2 Å². The summed E-state index contributed by atoms with van der Waals surface area (Å²) in [6, 6.07) is -16.4. The second kappa shape index (κ2) is 59.5. The molecule has 0 rings (SSSR count). The number of rotatable bonds is 62. The van der Waals surface area contributed by atoms with Crippen LogP contribution in [0.25, 0.3) is 0 Å². The maximum Gasteiger partial charge on any atom is 0.327 e. The Bertz CT molecular complexity index is 3270. The van der Waals surface area contributed by atoms with Crippen molar-refractivity contribution in [3.8, 4) is 0 Å². The zero-order chi connectivity index (χ0) is 86.3. The van der Waals surface area contributed by atoms with Gasteiger partial charge in [0.15, 0.2) is 35.8 Å². The highest BCUT2D eigenvalue weighted by Gasteiger charge is 2.36. The van der Waals surface area contributed by atoms with Crippen molar-refractivity contribution in [1.82, 2.24) is 63.8 Å². The maximum atomic E-state index is 14.9. The van der Waals surface area contributed by atoms with Crippen molar-refractivity contribution < 1.29 is 72.2 Å². The molecule has 13 amide bonds. The van der Waals surface area contributed by atoms with Gasteiger partial charge in [-0.3, -0.25) is 92.3 Å². The molecule has 0 radical (unpaired) electrons. The summed E-state index contributed by atoms with van der Waals surface area (Å²) in [4.78, 5) is 217. The van der Waals surface area contributed by atoms with Crippen molar-refractivity contribution in [2.24, 2.45) is 122 Å². The number of carboxylic acid groups (broad SMARTS) is 1. The molecular formula is C63H122N34O15S2. The summed E-state index contributed by atoms with van der Waals surface area (Å²) in [6.45, 7) is -1.49. The number of carbonyl (C=O) groups is 14. The fourth-order valence-electron chi connectivity index (χ4n) is 10.2. The predicted octanol–water partition coefficient (Wildman–Crippen LogP) is -13.8.